The minimum Gasteiger partial charge on any atom is -0.300 e. The molecule has 0 unspecified atom stereocenters. The van der Waals surface area contributed by atoms with Gasteiger partial charge < -0.3 is 0 Å². The molecule has 0 spiro atoms. The summed E-state index contributed by atoms with van der Waals surface area (Å²) in [5.41, 5.74) is 0. The number of nitrogens with zero attached hydrogens (tertiary/aromatic N) is 1. The van der Waals surface area contributed by atoms with Crippen LogP contribution in [0.3, 0.4) is 0 Å². The Bertz CT molecular complexity index is 245. The molecule has 78 valence electrons. The van der Waals surface area contributed by atoms with Crippen molar-refractivity contribution in [1.82, 2.24) is 4.90 Å². The molecule has 3 aliphatic rings. The Kier molecular flexibility index (Phi) is 2.12. The van der Waals surface area contributed by atoms with Crippen LogP contribution >= 0.6 is 0 Å². The number of hydrogen-bond donors (Lipinski definition) is 0. The number of Topliss-reactive ketones (excluding diaryl/α,β-unsaturated/α-hetero) is 1. The van der Waals surface area contributed by atoms with Gasteiger partial charge in [0.15, 0.2) is 0 Å². The second kappa shape index (κ2) is 3.34. The van der Waals surface area contributed by atoms with E-state index in [9.17, 15) is 4.79 Å². The summed E-state index contributed by atoms with van der Waals surface area (Å²) < 4.78 is 0. The van der Waals surface area contributed by atoms with Gasteiger partial charge in [-0.3, -0.25) is 9.69 Å². The third-order valence-corrected chi connectivity index (χ3v) is 4.48. The van der Waals surface area contributed by atoms with Crippen molar-refractivity contribution in [2.75, 3.05) is 13.1 Å². The maximum Gasteiger partial charge on any atom is 0.140 e. The third kappa shape index (κ3) is 1.23. The lowest BCUT2D eigenvalue weighted by Gasteiger charge is -2.34. The molecule has 0 aromatic heterocycles. The molecule has 0 N–H and O–H groups in total. The van der Waals surface area contributed by atoms with Gasteiger partial charge in [-0.05, 0) is 51.6 Å². The van der Waals surface area contributed by atoms with E-state index < -0.39 is 0 Å². The topological polar surface area (TPSA) is 20.3 Å². The van der Waals surface area contributed by atoms with Gasteiger partial charge in [-0.15, -0.1) is 0 Å². The first kappa shape index (κ1) is 8.90. The number of carbonyl (C=O) groups excluding carboxylic acids is 1. The molecule has 3 atom stereocenters. The average molecular weight is 193 g/mol. The molecule has 2 saturated carbocycles. The van der Waals surface area contributed by atoms with Gasteiger partial charge >= 0.3 is 0 Å². The smallest absolute Gasteiger partial charge is 0.140 e. The van der Waals surface area contributed by atoms with E-state index in [-0.39, 0.29) is 0 Å². The molecular weight excluding hydrogens is 174 g/mol. The van der Waals surface area contributed by atoms with Gasteiger partial charge in [-0.1, -0.05) is 0 Å². The Labute approximate surface area is 85.7 Å². The predicted molar refractivity (Wildman–Crippen MR) is 55.1 cm³/mol. The molecule has 0 aromatic rings. The van der Waals surface area contributed by atoms with E-state index in [0.717, 1.165) is 0 Å². The van der Waals surface area contributed by atoms with Crippen molar-refractivity contribution in [2.45, 2.75) is 44.6 Å². The highest BCUT2D eigenvalue weighted by molar-refractivity contribution is 5.86. The Morgan fingerprint density at radius 2 is 1.71 bits per heavy atom. The summed E-state index contributed by atoms with van der Waals surface area (Å²) >= 11 is 0. The summed E-state index contributed by atoms with van der Waals surface area (Å²) in [6.07, 6.45) is 7.54. The Morgan fingerprint density at radius 3 is 2.50 bits per heavy atom. The first-order valence-corrected chi connectivity index (χ1v) is 6.14. The maximum absolute atomic E-state index is 11.9. The zero-order chi connectivity index (χ0) is 9.54. The van der Waals surface area contributed by atoms with Gasteiger partial charge in [0.1, 0.15) is 5.78 Å². The summed E-state index contributed by atoms with van der Waals surface area (Å²) in [6, 6.07) is 0.628. The molecule has 1 heterocycles. The van der Waals surface area contributed by atoms with E-state index in [1.807, 2.05) is 0 Å². The molecule has 1 saturated heterocycles. The van der Waals surface area contributed by atoms with E-state index in [1.54, 1.807) is 0 Å². The summed E-state index contributed by atoms with van der Waals surface area (Å²) in [7, 11) is 0. The van der Waals surface area contributed by atoms with Gasteiger partial charge in [0.2, 0.25) is 0 Å². The lowest BCUT2D eigenvalue weighted by Crippen LogP contribution is -2.44. The standard InChI is InChI=1S/C12H19NO/c14-12-9-3-5-10(12)11(6-4-9)13-7-1-2-8-13/h9-11H,1-8H2/t9-,10+,11+/m1/s1. The summed E-state index contributed by atoms with van der Waals surface area (Å²) in [5, 5.41) is 0. The molecule has 0 amide bonds. The maximum atomic E-state index is 11.9. The summed E-state index contributed by atoms with van der Waals surface area (Å²) in [5.74, 6) is 1.49. The first-order valence-electron chi connectivity index (χ1n) is 6.14. The second-order valence-electron chi connectivity index (χ2n) is 5.17. The van der Waals surface area contributed by atoms with Crippen molar-refractivity contribution in [1.29, 1.82) is 0 Å². The molecule has 1 aliphatic heterocycles. The van der Waals surface area contributed by atoms with Crippen molar-refractivity contribution in [3.8, 4) is 0 Å². The Morgan fingerprint density at radius 1 is 1.00 bits per heavy atom. The highest BCUT2D eigenvalue weighted by atomic mass is 16.1. The molecule has 3 fully saturated rings. The third-order valence-electron chi connectivity index (χ3n) is 4.48. The average Bonchev–Trinajstić information content (AvgIpc) is 2.76. The van der Waals surface area contributed by atoms with Crippen molar-refractivity contribution in [2.24, 2.45) is 11.8 Å². The minimum absolute atomic E-state index is 0.423. The number of fused-ring (bicyclic) bond motifs is 2. The largest absolute Gasteiger partial charge is 0.300 e. The first-order chi connectivity index (χ1) is 6.86. The van der Waals surface area contributed by atoms with Crippen LogP contribution in [0.15, 0.2) is 0 Å². The molecule has 14 heavy (non-hydrogen) atoms. The zero-order valence-corrected chi connectivity index (χ0v) is 8.74. The van der Waals surface area contributed by atoms with E-state index in [2.05, 4.69) is 4.90 Å². The SMILES string of the molecule is O=C1[C@@H]2CC[C@H]1[C@@H](N1CCCC1)CC2. The summed E-state index contributed by atoms with van der Waals surface area (Å²) in [6.45, 7) is 2.50. The quantitative estimate of drug-likeness (QED) is 0.633. The second-order valence-corrected chi connectivity index (χ2v) is 5.17. The molecule has 2 bridgehead atoms. The summed E-state index contributed by atoms with van der Waals surface area (Å²) in [4.78, 5) is 14.5. The van der Waals surface area contributed by atoms with Crippen LogP contribution in [0.4, 0.5) is 0 Å². The van der Waals surface area contributed by atoms with Gasteiger partial charge in [0, 0.05) is 17.9 Å². The molecule has 3 rings (SSSR count). The fourth-order valence-corrected chi connectivity index (χ4v) is 3.72. The number of hydrogen-bond acceptors (Lipinski definition) is 2. The molecule has 0 radical (unpaired) electrons. The van der Waals surface area contributed by atoms with Crippen LogP contribution in [-0.2, 0) is 4.79 Å². The highest BCUT2D eigenvalue weighted by Gasteiger charge is 2.45. The van der Waals surface area contributed by atoms with Gasteiger partial charge in [0.05, 0.1) is 0 Å². The van der Waals surface area contributed by atoms with Crippen LogP contribution < -0.4 is 0 Å². The van der Waals surface area contributed by atoms with Gasteiger partial charge in [-0.2, -0.15) is 0 Å². The van der Waals surface area contributed by atoms with Crippen LogP contribution in [-0.4, -0.2) is 29.8 Å². The number of carbonyl (C=O) groups is 1. The Hall–Kier alpha value is -0.370. The van der Waals surface area contributed by atoms with Crippen molar-refractivity contribution in [3.05, 3.63) is 0 Å². The number of rotatable bonds is 1. The van der Waals surface area contributed by atoms with Crippen molar-refractivity contribution in [3.63, 3.8) is 0 Å². The van der Waals surface area contributed by atoms with Crippen molar-refractivity contribution >= 4 is 5.78 Å². The molecular formula is C12H19NO. The van der Waals surface area contributed by atoms with Crippen LogP contribution in [0.2, 0.25) is 0 Å². The normalized spacial score (nSPS) is 43.4. The predicted octanol–water partition coefficient (Wildman–Crippen LogP) is 1.84. The molecule has 2 nitrogen and oxygen atoms in total. The minimum atomic E-state index is 0.423. The van der Waals surface area contributed by atoms with Crippen LogP contribution in [0, 0.1) is 11.8 Å². The van der Waals surface area contributed by atoms with Gasteiger partial charge in [0.25, 0.3) is 0 Å². The van der Waals surface area contributed by atoms with E-state index in [0.29, 0.717) is 23.7 Å². The van der Waals surface area contributed by atoms with Crippen molar-refractivity contribution < 1.29 is 4.79 Å². The monoisotopic (exact) mass is 193 g/mol. The number of ketones is 1. The molecule has 2 aliphatic carbocycles. The number of likely N-dealkylation sites (tertiary alicyclic amines) is 1. The van der Waals surface area contributed by atoms with Gasteiger partial charge in [-0.25, -0.2) is 0 Å². The molecule has 2 heteroatoms. The van der Waals surface area contributed by atoms with Crippen LogP contribution in [0.1, 0.15) is 38.5 Å². The lowest BCUT2D eigenvalue weighted by atomic mass is 9.83. The lowest BCUT2D eigenvalue weighted by molar-refractivity contribution is -0.128. The van der Waals surface area contributed by atoms with E-state index >= 15 is 0 Å². The highest BCUT2D eigenvalue weighted by Crippen LogP contribution is 2.41. The fraction of sp³-hybridized carbons (Fsp3) is 0.917. The van der Waals surface area contributed by atoms with E-state index in [1.165, 1.54) is 51.6 Å². The fourth-order valence-electron chi connectivity index (χ4n) is 3.72. The zero-order valence-electron chi connectivity index (χ0n) is 8.74. The van der Waals surface area contributed by atoms with Crippen LogP contribution in [0.5, 0.6) is 0 Å². The Balaban J connectivity index is 1.76. The van der Waals surface area contributed by atoms with Crippen LogP contribution in [0.25, 0.3) is 0 Å². The molecule has 0 aromatic carbocycles. The van der Waals surface area contributed by atoms with E-state index in [4.69, 9.17) is 0 Å².